The lowest BCUT2D eigenvalue weighted by molar-refractivity contribution is 0.490. The summed E-state index contributed by atoms with van der Waals surface area (Å²) in [5.74, 6) is 0. The van der Waals surface area contributed by atoms with E-state index < -0.39 is 0 Å². The number of nitrogens with zero attached hydrogens (tertiary/aromatic N) is 2. The van der Waals surface area contributed by atoms with Crippen LogP contribution < -0.4 is 5.73 Å². The summed E-state index contributed by atoms with van der Waals surface area (Å²) < 4.78 is 11.2. The second kappa shape index (κ2) is 4.50. The molecule has 2 heterocycles. The van der Waals surface area contributed by atoms with Crippen molar-refractivity contribution in [3.05, 3.63) is 42.5 Å². The molecule has 0 unspecified atom stereocenters. The molecule has 0 bridgehead atoms. The van der Waals surface area contributed by atoms with Gasteiger partial charge in [-0.1, -0.05) is 18.2 Å². The summed E-state index contributed by atoms with van der Waals surface area (Å²) in [6.07, 6.45) is 0. The molecule has 0 saturated carbocycles. The molecule has 2 aromatic heterocycles. The normalized spacial score (nSPS) is 11.4. The van der Waals surface area contributed by atoms with Crippen molar-refractivity contribution in [2.24, 2.45) is 0 Å². The highest BCUT2D eigenvalue weighted by Gasteiger charge is 2.12. The van der Waals surface area contributed by atoms with Crippen LogP contribution in [0.1, 0.15) is 0 Å². The second-order valence-corrected chi connectivity index (χ2v) is 6.29. The Hall–Kier alpha value is -2.05. The first-order valence-electron chi connectivity index (χ1n) is 5.98. The van der Waals surface area contributed by atoms with Crippen molar-refractivity contribution >= 4 is 51.0 Å². The number of aromatic nitrogens is 2. The number of anilines is 1. The van der Waals surface area contributed by atoms with Crippen LogP contribution in [0.25, 0.3) is 22.0 Å². The Kier molecular flexibility index (Phi) is 2.64. The minimum atomic E-state index is 0.611. The van der Waals surface area contributed by atoms with Crippen LogP contribution in [0.15, 0.2) is 56.3 Å². The van der Waals surface area contributed by atoms with E-state index in [0.717, 1.165) is 20.6 Å². The van der Waals surface area contributed by atoms with E-state index in [-0.39, 0.29) is 0 Å². The lowest BCUT2D eigenvalue weighted by atomic mass is 10.3. The number of hydrogen-bond donors (Lipinski definition) is 1. The zero-order chi connectivity index (χ0) is 13.5. The van der Waals surface area contributed by atoms with E-state index in [2.05, 4.69) is 15.4 Å². The minimum Gasteiger partial charge on any atom is -0.431 e. The molecule has 20 heavy (non-hydrogen) atoms. The summed E-state index contributed by atoms with van der Waals surface area (Å²) in [6, 6.07) is 13.5. The van der Waals surface area contributed by atoms with Gasteiger partial charge in [0, 0.05) is 17.1 Å². The number of hydrogen-bond acceptors (Lipinski definition) is 6. The average Bonchev–Trinajstić information content (AvgIpc) is 3.03. The van der Waals surface area contributed by atoms with E-state index in [1.807, 2.05) is 30.3 Å². The molecule has 98 valence electrons. The van der Waals surface area contributed by atoms with Crippen LogP contribution in [0.4, 0.5) is 5.69 Å². The molecular formula is C14H9N3OS2. The number of fused-ring (bicyclic) bond motifs is 2. The molecule has 0 saturated heterocycles. The fraction of sp³-hybridized carbons (Fsp3) is 0. The quantitative estimate of drug-likeness (QED) is 0.563. The summed E-state index contributed by atoms with van der Waals surface area (Å²) in [5.41, 5.74) is 8.94. The number of oxazole rings is 1. The highest BCUT2D eigenvalue weighted by Crippen LogP contribution is 2.37. The van der Waals surface area contributed by atoms with Gasteiger partial charge in [0.05, 0.1) is 9.73 Å². The molecular weight excluding hydrogens is 290 g/mol. The molecule has 0 amide bonds. The predicted octanol–water partition coefficient (Wildman–Crippen LogP) is 4.17. The van der Waals surface area contributed by atoms with Crippen LogP contribution in [-0.2, 0) is 0 Å². The van der Waals surface area contributed by atoms with Gasteiger partial charge in [0.25, 0.3) is 5.22 Å². The topological polar surface area (TPSA) is 64.9 Å². The third-order valence-corrected chi connectivity index (χ3v) is 4.83. The van der Waals surface area contributed by atoms with Crippen LogP contribution in [-0.4, -0.2) is 9.36 Å². The standard InChI is InChI=1S/C14H9N3OS2/c15-8-5-6-11-12(7-8)18-14(16-11)19-13-9-3-1-2-4-10(9)17-20-13/h1-7H,15H2. The smallest absolute Gasteiger partial charge is 0.262 e. The van der Waals surface area contributed by atoms with Crippen molar-refractivity contribution in [3.8, 4) is 0 Å². The van der Waals surface area contributed by atoms with E-state index in [1.165, 1.54) is 23.3 Å². The van der Waals surface area contributed by atoms with Crippen LogP contribution >= 0.6 is 23.3 Å². The molecule has 2 aromatic carbocycles. The predicted molar refractivity (Wildman–Crippen MR) is 82.2 cm³/mol. The van der Waals surface area contributed by atoms with E-state index in [9.17, 15) is 0 Å². The Morgan fingerprint density at radius 1 is 1.10 bits per heavy atom. The van der Waals surface area contributed by atoms with Gasteiger partial charge in [-0.05, 0) is 41.5 Å². The zero-order valence-corrected chi connectivity index (χ0v) is 11.9. The van der Waals surface area contributed by atoms with Crippen molar-refractivity contribution < 1.29 is 4.42 Å². The average molecular weight is 299 g/mol. The Bertz CT molecular complexity index is 913. The molecule has 0 radical (unpaired) electrons. The molecule has 0 aliphatic heterocycles. The van der Waals surface area contributed by atoms with Crippen molar-refractivity contribution in [2.45, 2.75) is 9.43 Å². The fourth-order valence-corrected chi connectivity index (χ4v) is 3.79. The molecule has 0 atom stereocenters. The molecule has 2 N–H and O–H groups in total. The van der Waals surface area contributed by atoms with Gasteiger partial charge in [-0.3, -0.25) is 0 Å². The lowest BCUT2D eigenvalue weighted by Crippen LogP contribution is -1.81. The van der Waals surface area contributed by atoms with Crippen molar-refractivity contribution in [3.63, 3.8) is 0 Å². The fourth-order valence-electron chi connectivity index (χ4n) is 1.98. The summed E-state index contributed by atoms with van der Waals surface area (Å²) >= 11 is 2.95. The SMILES string of the molecule is Nc1ccc2nc(Sc3snc4ccccc34)oc2c1. The number of nitrogen functional groups attached to an aromatic ring is 1. The minimum absolute atomic E-state index is 0.611. The summed E-state index contributed by atoms with van der Waals surface area (Å²) in [7, 11) is 0. The first-order valence-corrected chi connectivity index (χ1v) is 7.57. The van der Waals surface area contributed by atoms with Gasteiger partial charge >= 0.3 is 0 Å². The van der Waals surface area contributed by atoms with E-state index >= 15 is 0 Å². The molecule has 4 nitrogen and oxygen atoms in total. The number of nitrogens with two attached hydrogens (primary N) is 1. The summed E-state index contributed by atoms with van der Waals surface area (Å²) in [6.45, 7) is 0. The van der Waals surface area contributed by atoms with Crippen LogP contribution in [0, 0.1) is 0 Å². The van der Waals surface area contributed by atoms with Gasteiger partial charge in [0.1, 0.15) is 5.52 Å². The van der Waals surface area contributed by atoms with Gasteiger partial charge in [0.2, 0.25) is 0 Å². The second-order valence-electron chi connectivity index (χ2n) is 4.30. The van der Waals surface area contributed by atoms with Crippen LogP contribution in [0.2, 0.25) is 0 Å². The van der Waals surface area contributed by atoms with Crippen LogP contribution in [0.3, 0.4) is 0 Å². The van der Waals surface area contributed by atoms with Gasteiger partial charge in [-0.15, -0.1) is 0 Å². The maximum absolute atomic E-state index is 5.74. The van der Waals surface area contributed by atoms with Gasteiger partial charge in [-0.25, -0.2) is 4.98 Å². The largest absolute Gasteiger partial charge is 0.431 e. The van der Waals surface area contributed by atoms with Gasteiger partial charge in [-0.2, -0.15) is 4.37 Å². The lowest BCUT2D eigenvalue weighted by Gasteiger charge is -1.92. The van der Waals surface area contributed by atoms with Crippen molar-refractivity contribution in [2.75, 3.05) is 5.73 Å². The van der Waals surface area contributed by atoms with Gasteiger partial charge in [0.15, 0.2) is 5.58 Å². The maximum atomic E-state index is 5.74. The van der Waals surface area contributed by atoms with E-state index in [0.29, 0.717) is 16.5 Å². The first-order chi connectivity index (χ1) is 9.79. The Labute approximate surface area is 122 Å². The summed E-state index contributed by atoms with van der Waals surface area (Å²) in [4.78, 5) is 4.46. The molecule has 4 aromatic rings. The van der Waals surface area contributed by atoms with Crippen LogP contribution in [0.5, 0.6) is 0 Å². The van der Waals surface area contributed by atoms with E-state index in [4.69, 9.17) is 10.2 Å². The first kappa shape index (κ1) is 11.7. The maximum Gasteiger partial charge on any atom is 0.262 e. The highest BCUT2D eigenvalue weighted by molar-refractivity contribution is 8.01. The van der Waals surface area contributed by atoms with Crippen molar-refractivity contribution in [1.82, 2.24) is 9.36 Å². The number of benzene rings is 2. The third-order valence-electron chi connectivity index (χ3n) is 2.92. The highest BCUT2D eigenvalue weighted by atomic mass is 32.2. The third kappa shape index (κ3) is 1.93. The Morgan fingerprint density at radius 2 is 2.00 bits per heavy atom. The Morgan fingerprint density at radius 3 is 2.95 bits per heavy atom. The zero-order valence-electron chi connectivity index (χ0n) is 10.2. The molecule has 6 heteroatoms. The molecule has 0 aliphatic rings. The molecule has 0 fully saturated rings. The monoisotopic (exact) mass is 299 g/mol. The number of rotatable bonds is 2. The van der Waals surface area contributed by atoms with E-state index in [1.54, 1.807) is 6.07 Å². The molecule has 4 rings (SSSR count). The molecule has 0 spiro atoms. The van der Waals surface area contributed by atoms with Crippen molar-refractivity contribution in [1.29, 1.82) is 0 Å². The Balaban J connectivity index is 1.76. The van der Waals surface area contributed by atoms with Gasteiger partial charge < -0.3 is 10.2 Å². The summed E-state index contributed by atoms with van der Waals surface area (Å²) in [5, 5.41) is 1.74. The molecule has 0 aliphatic carbocycles.